The first-order valence-electron chi connectivity index (χ1n) is 9.58. The molecule has 0 saturated heterocycles. The first-order valence-corrected chi connectivity index (χ1v) is 10.4. The lowest BCUT2D eigenvalue weighted by Crippen LogP contribution is -2.38. The van der Waals surface area contributed by atoms with Gasteiger partial charge in [0.05, 0.1) is 29.0 Å². The number of likely N-dealkylation sites (N-methyl/N-ethyl adjacent to an activating group) is 1. The summed E-state index contributed by atoms with van der Waals surface area (Å²) >= 11 is 1.48. The minimum atomic E-state index is -0.118. The molecule has 0 atom stereocenters. The standard InChI is InChI=1S/C22H24N4O2S/c1-4-25(5-2)12-13-26(21(27)17-8-6-16(15-23)7-9-17)22-24-19-11-10-18(28-3)14-20(19)29-22/h6-11,14H,4-5,12-13H2,1-3H3. The number of anilines is 1. The van der Waals surface area contributed by atoms with Crippen LogP contribution in [0.5, 0.6) is 5.75 Å². The van der Waals surface area contributed by atoms with Gasteiger partial charge in [0.1, 0.15) is 5.75 Å². The van der Waals surface area contributed by atoms with Crippen molar-refractivity contribution in [2.24, 2.45) is 0 Å². The summed E-state index contributed by atoms with van der Waals surface area (Å²) in [6.07, 6.45) is 0. The van der Waals surface area contributed by atoms with Crippen LogP contribution in [0, 0.1) is 11.3 Å². The molecular formula is C22H24N4O2S. The van der Waals surface area contributed by atoms with Crippen molar-refractivity contribution in [1.82, 2.24) is 9.88 Å². The first-order chi connectivity index (χ1) is 14.1. The van der Waals surface area contributed by atoms with Gasteiger partial charge in [-0.1, -0.05) is 25.2 Å². The van der Waals surface area contributed by atoms with Crippen LogP contribution < -0.4 is 9.64 Å². The van der Waals surface area contributed by atoms with E-state index < -0.39 is 0 Å². The Morgan fingerprint density at radius 1 is 1.14 bits per heavy atom. The molecule has 0 radical (unpaired) electrons. The van der Waals surface area contributed by atoms with Crippen LogP contribution in [0.3, 0.4) is 0 Å². The smallest absolute Gasteiger partial charge is 0.260 e. The summed E-state index contributed by atoms with van der Waals surface area (Å²) in [5.74, 6) is 0.647. The highest BCUT2D eigenvalue weighted by Crippen LogP contribution is 2.32. The summed E-state index contributed by atoms with van der Waals surface area (Å²) in [4.78, 5) is 22.0. The normalized spacial score (nSPS) is 10.9. The number of methoxy groups -OCH3 is 1. The van der Waals surface area contributed by atoms with E-state index in [-0.39, 0.29) is 5.91 Å². The second-order valence-electron chi connectivity index (χ2n) is 6.50. The third-order valence-electron chi connectivity index (χ3n) is 4.86. The molecule has 0 fully saturated rings. The molecule has 0 aliphatic heterocycles. The van der Waals surface area contributed by atoms with E-state index in [2.05, 4.69) is 24.8 Å². The number of fused-ring (bicyclic) bond motifs is 1. The van der Waals surface area contributed by atoms with Gasteiger partial charge in [-0.2, -0.15) is 5.26 Å². The zero-order chi connectivity index (χ0) is 20.8. The summed E-state index contributed by atoms with van der Waals surface area (Å²) in [6, 6.07) is 14.5. The van der Waals surface area contributed by atoms with E-state index in [0.29, 0.717) is 22.8 Å². The highest BCUT2D eigenvalue weighted by Gasteiger charge is 2.22. The Labute approximate surface area is 175 Å². The van der Waals surface area contributed by atoms with Crippen molar-refractivity contribution in [3.05, 3.63) is 53.6 Å². The molecule has 0 bridgehead atoms. The average Bonchev–Trinajstić information content (AvgIpc) is 3.19. The van der Waals surface area contributed by atoms with Gasteiger partial charge in [0, 0.05) is 18.7 Å². The lowest BCUT2D eigenvalue weighted by atomic mass is 10.1. The van der Waals surface area contributed by atoms with Crippen LogP contribution in [0.4, 0.5) is 5.13 Å². The Morgan fingerprint density at radius 2 is 1.86 bits per heavy atom. The van der Waals surface area contributed by atoms with Gasteiger partial charge in [-0.15, -0.1) is 0 Å². The molecule has 29 heavy (non-hydrogen) atoms. The van der Waals surface area contributed by atoms with E-state index >= 15 is 0 Å². The lowest BCUT2D eigenvalue weighted by Gasteiger charge is -2.24. The van der Waals surface area contributed by atoms with E-state index in [0.717, 1.165) is 35.6 Å². The van der Waals surface area contributed by atoms with Gasteiger partial charge in [0.2, 0.25) is 0 Å². The third kappa shape index (κ3) is 4.73. The minimum absolute atomic E-state index is 0.118. The van der Waals surface area contributed by atoms with Crippen molar-refractivity contribution in [2.75, 3.05) is 38.2 Å². The van der Waals surface area contributed by atoms with Gasteiger partial charge < -0.3 is 9.64 Å². The van der Waals surface area contributed by atoms with Crippen molar-refractivity contribution in [2.45, 2.75) is 13.8 Å². The Balaban J connectivity index is 1.95. The highest BCUT2D eigenvalue weighted by atomic mass is 32.1. The topological polar surface area (TPSA) is 69.5 Å². The molecular weight excluding hydrogens is 384 g/mol. The van der Waals surface area contributed by atoms with Gasteiger partial charge in [-0.25, -0.2) is 4.98 Å². The second kappa shape index (κ2) is 9.50. The van der Waals surface area contributed by atoms with Crippen molar-refractivity contribution < 1.29 is 9.53 Å². The largest absolute Gasteiger partial charge is 0.497 e. The number of thiazole rings is 1. The number of benzene rings is 2. The summed E-state index contributed by atoms with van der Waals surface area (Å²) in [5.41, 5.74) is 1.91. The van der Waals surface area contributed by atoms with E-state index in [4.69, 9.17) is 15.0 Å². The van der Waals surface area contributed by atoms with Gasteiger partial charge in [0.25, 0.3) is 5.91 Å². The molecule has 0 N–H and O–H groups in total. The molecule has 0 aliphatic carbocycles. The Kier molecular flexibility index (Phi) is 6.81. The quantitative estimate of drug-likeness (QED) is 0.560. The molecule has 3 rings (SSSR count). The molecule has 1 aromatic heterocycles. The fraction of sp³-hybridized carbons (Fsp3) is 0.318. The maximum absolute atomic E-state index is 13.3. The van der Waals surface area contributed by atoms with Crippen LogP contribution in [-0.2, 0) is 0 Å². The molecule has 0 aliphatic rings. The second-order valence-corrected chi connectivity index (χ2v) is 7.51. The summed E-state index contributed by atoms with van der Waals surface area (Å²) < 4.78 is 6.28. The predicted molar refractivity (Wildman–Crippen MR) is 117 cm³/mol. The lowest BCUT2D eigenvalue weighted by molar-refractivity contribution is 0.0984. The van der Waals surface area contributed by atoms with Crippen LogP contribution in [0.25, 0.3) is 10.2 Å². The van der Waals surface area contributed by atoms with E-state index in [1.165, 1.54) is 11.3 Å². The molecule has 0 saturated carbocycles. The van der Waals surface area contributed by atoms with E-state index in [9.17, 15) is 4.79 Å². The van der Waals surface area contributed by atoms with Gasteiger partial charge in [-0.3, -0.25) is 9.69 Å². The van der Waals surface area contributed by atoms with Crippen LogP contribution in [-0.4, -0.2) is 49.1 Å². The summed E-state index contributed by atoms with van der Waals surface area (Å²) in [5, 5.41) is 9.67. The number of nitriles is 1. The fourth-order valence-electron chi connectivity index (χ4n) is 3.04. The minimum Gasteiger partial charge on any atom is -0.497 e. The van der Waals surface area contributed by atoms with E-state index in [1.807, 2.05) is 18.2 Å². The molecule has 150 valence electrons. The molecule has 1 heterocycles. The van der Waals surface area contributed by atoms with Crippen LogP contribution >= 0.6 is 11.3 Å². The first kappa shape index (κ1) is 20.8. The molecule has 6 nitrogen and oxygen atoms in total. The van der Waals surface area contributed by atoms with Gasteiger partial charge in [-0.05, 0) is 55.6 Å². The number of ether oxygens (including phenoxy) is 1. The number of hydrogen-bond acceptors (Lipinski definition) is 6. The van der Waals surface area contributed by atoms with Crippen molar-refractivity contribution in [1.29, 1.82) is 5.26 Å². The number of rotatable bonds is 8. The van der Waals surface area contributed by atoms with E-state index in [1.54, 1.807) is 36.3 Å². The monoisotopic (exact) mass is 408 g/mol. The number of hydrogen-bond donors (Lipinski definition) is 0. The molecule has 3 aromatic rings. The average molecular weight is 409 g/mol. The van der Waals surface area contributed by atoms with Crippen LogP contribution in [0.1, 0.15) is 29.8 Å². The van der Waals surface area contributed by atoms with Crippen molar-refractivity contribution >= 4 is 32.6 Å². The maximum Gasteiger partial charge on any atom is 0.260 e. The molecule has 0 spiro atoms. The number of carbonyl (C=O) groups is 1. The zero-order valence-corrected chi connectivity index (χ0v) is 17.7. The maximum atomic E-state index is 13.3. The fourth-order valence-corrected chi connectivity index (χ4v) is 4.06. The molecule has 7 heteroatoms. The summed E-state index contributed by atoms with van der Waals surface area (Å²) in [6.45, 7) is 7.37. The Hall–Kier alpha value is -2.95. The number of nitrogens with zero attached hydrogens (tertiary/aromatic N) is 4. The predicted octanol–water partition coefficient (Wildman–Crippen LogP) is 4.17. The number of carbonyl (C=O) groups excluding carboxylic acids is 1. The van der Waals surface area contributed by atoms with Crippen molar-refractivity contribution in [3.63, 3.8) is 0 Å². The van der Waals surface area contributed by atoms with Gasteiger partial charge in [0.15, 0.2) is 5.13 Å². The molecule has 0 unspecified atom stereocenters. The molecule has 2 aromatic carbocycles. The van der Waals surface area contributed by atoms with Crippen molar-refractivity contribution in [3.8, 4) is 11.8 Å². The Morgan fingerprint density at radius 3 is 2.48 bits per heavy atom. The van der Waals surface area contributed by atoms with Gasteiger partial charge >= 0.3 is 0 Å². The van der Waals surface area contributed by atoms with Crippen LogP contribution in [0.2, 0.25) is 0 Å². The molecule has 1 amide bonds. The highest BCUT2D eigenvalue weighted by molar-refractivity contribution is 7.22. The Bertz CT molecular complexity index is 1020. The zero-order valence-electron chi connectivity index (χ0n) is 16.9. The van der Waals surface area contributed by atoms with Crippen LogP contribution in [0.15, 0.2) is 42.5 Å². The SMILES string of the molecule is CCN(CC)CCN(C(=O)c1ccc(C#N)cc1)c1nc2ccc(OC)cc2s1. The third-order valence-corrected chi connectivity index (χ3v) is 5.90. The number of amides is 1. The summed E-state index contributed by atoms with van der Waals surface area (Å²) in [7, 11) is 1.63. The number of aromatic nitrogens is 1.